The zero-order chi connectivity index (χ0) is 12.2. The monoisotopic (exact) mass is 240 g/mol. The van der Waals surface area contributed by atoms with Crippen molar-refractivity contribution in [2.45, 2.75) is 13.1 Å². The molecule has 3 aromatic rings. The van der Waals surface area contributed by atoms with Crippen molar-refractivity contribution in [2.24, 2.45) is 0 Å². The Labute approximate surface area is 103 Å². The molecule has 0 aliphatic heterocycles. The van der Waals surface area contributed by atoms with Gasteiger partial charge >= 0.3 is 0 Å². The van der Waals surface area contributed by atoms with Gasteiger partial charge < -0.3 is 5.32 Å². The van der Waals surface area contributed by atoms with Crippen molar-refractivity contribution in [3.63, 3.8) is 0 Å². The standard InChI is InChI=1S/C12H12N6/c1-2-4-11-9(3-1)5-6-10(14-11)7-13-8-12-15-17-18-16-12/h1-6,13H,7-8H2,(H,15,16,17,18). The van der Waals surface area contributed by atoms with Crippen LogP contribution in [0.15, 0.2) is 36.4 Å². The van der Waals surface area contributed by atoms with Crippen molar-refractivity contribution in [1.82, 2.24) is 30.9 Å². The molecule has 3 rings (SSSR count). The van der Waals surface area contributed by atoms with Gasteiger partial charge in [0.2, 0.25) is 0 Å². The lowest BCUT2D eigenvalue weighted by Gasteiger charge is -2.03. The van der Waals surface area contributed by atoms with Crippen molar-refractivity contribution in [3.8, 4) is 0 Å². The highest BCUT2D eigenvalue weighted by Crippen LogP contribution is 2.11. The Morgan fingerprint density at radius 1 is 1.06 bits per heavy atom. The third kappa shape index (κ3) is 2.33. The minimum absolute atomic E-state index is 0.574. The molecule has 0 spiro atoms. The average Bonchev–Trinajstić information content (AvgIpc) is 2.92. The molecule has 0 bridgehead atoms. The molecule has 90 valence electrons. The summed E-state index contributed by atoms with van der Waals surface area (Å²) in [6.45, 7) is 1.25. The predicted octanol–water partition coefficient (Wildman–Crippen LogP) is 1.04. The molecular weight excluding hydrogens is 228 g/mol. The van der Waals surface area contributed by atoms with Crippen molar-refractivity contribution in [2.75, 3.05) is 0 Å². The first-order valence-electron chi connectivity index (χ1n) is 5.69. The molecule has 0 unspecified atom stereocenters. The number of hydrogen-bond acceptors (Lipinski definition) is 5. The van der Waals surface area contributed by atoms with Crippen molar-refractivity contribution < 1.29 is 0 Å². The summed E-state index contributed by atoms with van der Waals surface area (Å²) in [6, 6.07) is 12.2. The highest BCUT2D eigenvalue weighted by Gasteiger charge is 2.00. The smallest absolute Gasteiger partial charge is 0.188 e. The summed E-state index contributed by atoms with van der Waals surface area (Å²) in [4.78, 5) is 4.57. The number of pyridine rings is 1. The van der Waals surface area contributed by atoms with E-state index in [-0.39, 0.29) is 0 Å². The molecule has 2 N–H and O–H groups in total. The summed E-state index contributed by atoms with van der Waals surface area (Å²) >= 11 is 0. The van der Waals surface area contributed by atoms with Gasteiger partial charge in [0.15, 0.2) is 5.82 Å². The topological polar surface area (TPSA) is 79.4 Å². The van der Waals surface area contributed by atoms with Crippen molar-refractivity contribution >= 4 is 10.9 Å². The van der Waals surface area contributed by atoms with Gasteiger partial charge in [0, 0.05) is 11.9 Å². The largest absolute Gasteiger partial charge is 0.304 e. The van der Waals surface area contributed by atoms with Gasteiger partial charge in [-0.1, -0.05) is 29.5 Å². The number of tetrazole rings is 1. The van der Waals surface area contributed by atoms with Crippen LogP contribution < -0.4 is 5.32 Å². The number of hydrogen-bond donors (Lipinski definition) is 2. The third-order valence-electron chi connectivity index (χ3n) is 2.63. The molecule has 6 heteroatoms. The molecule has 0 fully saturated rings. The molecule has 0 aliphatic carbocycles. The number of para-hydroxylation sites is 1. The van der Waals surface area contributed by atoms with Gasteiger partial charge in [-0.05, 0) is 12.1 Å². The second-order valence-corrected chi connectivity index (χ2v) is 3.93. The van der Waals surface area contributed by atoms with E-state index in [1.54, 1.807) is 0 Å². The van der Waals surface area contributed by atoms with Crippen molar-refractivity contribution in [1.29, 1.82) is 0 Å². The van der Waals surface area contributed by atoms with Crippen LogP contribution in [0.25, 0.3) is 10.9 Å². The van der Waals surface area contributed by atoms with Gasteiger partial charge in [0.25, 0.3) is 0 Å². The summed E-state index contributed by atoms with van der Waals surface area (Å²) in [5, 5.41) is 18.0. The summed E-state index contributed by atoms with van der Waals surface area (Å²) < 4.78 is 0. The Morgan fingerprint density at radius 3 is 2.89 bits per heavy atom. The Morgan fingerprint density at radius 2 is 2.00 bits per heavy atom. The second kappa shape index (κ2) is 4.89. The number of aromatic amines is 1. The quantitative estimate of drug-likeness (QED) is 0.712. The second-order valence-electron chi connectivity index (χ2n) is 3.93. The molecule has 1 aromatic carbocycles. The number of H-pyrrole nitrogens is 1. The molecule has 0 atom stereocenters. The SMILES string of the molecule is c1ccc2nc(CNCc3nn[nH]n3)ccc2c1. The average molecular weight is 240 g/mol. The summed E-state index contributed by atoms with van der Waals surface area (Å²) in [7, 11) is 0. The molecule has 0 saturated carbocycles. The van der Waals surface area contributed by atoms with Crippen LogP contribution in [0.2, 0.25) is 0 Å². The van der Waals surface area contributed by atoms with Crippen LogP contribution in [0.4, 0.5) is 0 Å². The lowest BCUT2D eigenvalue weighted by atomic mass is 10.2. The maximum absolute atomic E-state index is 4.57. The highest BCUT2D eigenvalue weighted by atomic mass is 15.5. The highest BCUT2D eigenvalue weighted by molar-refractivity contribution is 5.78. The van der Waals surface area contributed by atoms with Gasteiger partial charge in [-0.2, -0.15) is 5.21 Å². The molecule has 0 radical (unpaired) electrons. The number of aromatic nitrogens is 5. The van der Waals surface area contributed by atoms with Gasteiger partial charge in [0.1, 0.15) is 0 Å². The Kier molecular flexibility index (Phi) is 2.93. The van der Waals surface area contributed by atoms with Crippen molar-refractivity contribution in [3.05, 3.63) is 47.9 Å². The molecule has 0 saturated heterocycles. The van der Waals surface area contributed by atoms with E-state index >= 15 is 0 Å². The lowest BCUT2D eigenvalue weighted by molar-refractivity contribution is 0.654. The normalized spacial score (nSPS) is 10.9. The van der Waals surface area contributed by atoms with Crippen LogP contribution >= 0.6 is 0 Å². The van der Waals surface area contributed by atoms with E-state index in [9.17, 15) is 0 Å². The molecular formula is C12H12N6. The Hall–Kier alpha value is -2.34. The third-order valence-corrected chi connectivity index (χ3v) is 2.63. The first-order chi connectivity index (χ1) is 8.92. The summed E-state index contributed by atoms with van der Waals surface area (Å²) in [5.41, 5.74) is 2.01. The zero-order valence-corrected chi connectivity index (χ0v) is 9.67. The lowest BCUT2D eigenvalue weighted by Crippen LogP contribution is -2.14. The van der Waals surface area contributed by atoms with E-state index in [0.29, 0.717) is 18.9 Å². The zero-order valence-electron chi connectivity index (χ0n) is 9.67. The first kappa shape index (κ1) is 10.8. The van der Waals surface area contributed by atoms with Gasteiger partial charge in [-0.3, -0.25) is 4.98 Å². The van der Waals surface area contributed by atoms with Crippen LogP contribution in [-0.4, -0.2) is 25.6 Å². The maximum Gasteiger partial charge on any atom is 0.188 e. The van der Waals surface area contributed by atoms with E-state index in [1.165, 1.54) is 0 Å². The fourth-order valence-electron chi connectivity index (χ4n) is 1.77. The molecule has 6 nitrogen and oxygen atoms in total. The number of benzene rings is 1. The van der Waals surface area contributed by atoms with Gasteiger partial charge in [-0.15, -0.1) is 10.2 Å². The fraction of sp³-hybridized carbons (Fsp3) is 0.167. The number of rotatable bonds is 4. The van der Waals surface area contributed by atoms with E-state index in [2.05, 4.69) is 43.1 Å². The molecule has 0 aliphatic rings. The van der Waals surface area contributed by atoms with E-state index in [4.69, 9.17) is 0 Å². The predicted molar refractivity (Wildman–Crippen MR) is 66.5 cm³/mol. The summed E-state index contributed by atoms with van der Waals surface area (Å²) in [5.74, 6) is 0.649. The van der Waals surface area contributed by atoms with E-state index in [1.807, 2.05) is 24.3 Å². The minimum atomic E-state index is 0.574. The van der Waals surface area contributed by atoms with E-state index < -0.39 is 0 Å². The van der Waals surface area contributed by atoms with Gasteiger partial charge in [0.05, 0.1) is 17.8 Å². The molecule has 18 heavy (non-hydrogen) atoms. The number of fused-ring (bicyclic) bond motifs is 1. The summed E-state index contributed by atoms with van der Waals surface area (Å²) in [6.07, 6.45) is 0. The number of nitrogens with zero attached hydrogens (tertiary/aromatic N) is 4. The van der Waals surface area contributed by atoms with Gasteiger partial charge in [-0.25, -0.2) is 0 Å². The fourth-order valence-corrected chi connectivity index (χ4v) is 1.77. The van der Waals surface area contributed by atoms with Crippen LogP contribution in [0.5, 0.6) is 0 Å². The Balaban J connectivity index is 1.67. The maximum atomic E-state index is 4.57. The molecule has 2 aromatic heterocycles. The van der Waals surface area contributed by atoms with Crippen LogP contribution in [0, 0.1) is 0 Å². The van der Waals surface area contributed by atoms with Crippen LogP contribution in [-0.2, 0) is 13.1 Å². The number of nitrogens with one attached hydrogen (secondary N) is 2. The molecule has 2 heterocycles. The van der Waals surface area contributed by atoms with Crippen LogP contribution in [0.1, 0.15) is 11.5 Å². The van der Waals surface area contributed by atoms with E-state index in [0.717, 1.165) is 16.6 Å². The Bertz CT molecular complexity index is 634. The minimum Gasteiger partial charge on any atom is -0.304 e. The molecule has 0 amide bonds. The van der Waals surface area contributed by atoms with Crippen LogP contribution in [0.3, 0.4) is 0 Å². The first-order valence-corrected chi connectivity index (χ1v) is 5.69.